The van der Waals surface area contributed by atoms with Crippen LogP contribution in [0.3, 0.4) is 0 Å². The van der Waals surface area contributed by atoms with Gasteiger partial charge in [0.2, 0.25) is 0 Å². The molecule has 0 aliphatic rings. The minimum Gasteiger partial charge on any atom is -0.486 e. The summed E-state index contributed by atoms with van der Waals surface area (Å²) in [5.41, 5.74) is 1.20. The van der Waals surface area contributed by atoms with E-state index in [9.17, 15) is 9.59 Å². The number of nitrogens with one attached hydrogen (secondary N) is 1. The number of ether oxygens (including phenoxy) is 1. The van der Waals surface area contributed by atoms with E-state index in [1.165, 1.54) is 4.90 Å². The zero-order valence-electron chi connectivity index (χ0n) is 18.4. The number of rotatable bonds is 6. The van der Waals surface area contributed by atoms with Crippen LogP contribution in [0.1, 0.15) is 32.5 Å². The van der Waals surface area contributed by atoms with Crippen molar-refractivity contribution in [3.05, 3.63) is 77.5 Å². The molecule has 32 heavy (non-hydrogen) atoms. The Labute approximate surface area is 185 Å². The highest BCUT2D eigenvalue weighted by atomic mass is 16.5. The van der Waals surface area contributed by atoms with Gasteiger partial charge in [0.1, 0.15) is 18.1 Å². The molecule has 0 radical (unpaired) electrons. The second-order valence-electron chi connectivity index (χ2n) is 7.65. The lowest BCUT2D eigenvalue weighted by Gasteiger charge is -2.10. The van der Waals surface area contributed by atoms with E-state index >= 15 is 0 Å². The van der Waals surface area contributed by atoms with Gasteiger partial charge in [0.05, 0.1) is 11.4 Å². The van der Waals surface area contributed by atoms with Gasteiger partial charge in [-0.15, -0.1) is 0 Å². The molecule has 0 saturated heterocycles. The highest BCUT2D eigenvalue weighted by Gasteiger charge is 2.24. The predicted molar refractivity (Wildman–Crippen MR) is 121 cm³/mol. The lowest BCUT2D eigenvalue weighted by atomic mass is 10.1. The molecule has 1 N–H and O–H groups in total. The van der Waals surface area contributed by atoms with Gasteiger partial charge in [-0.2, -0.15) is 5.10 Å². The van der Waals surface area contributed by atoms with Crippen molar-refractivity contribution in [3.63, 3.8) is 0 Å². The minimum atomic E-state index is -0.467. The summed E-state index contributed by atoms with van der Waals surface area (Å²) in [6.07, 6.45) is 0. The maximum Gasteiger partial charge on any atom is 0.291 e. The first kappa shape index (κ1) is 21.2. The van der Waals surface area contributed by atoms with Gasteiger partial charge in [-0.05, 0) is 42.0 Å². The molecule has 0 atom stereocenters. The van der Waals surface area contributed by atoms with Crippen molar-refractivity contribution in [2.24, 2.45) is 7.05 Å². The molecule has 4 rings (SSSR count). The van der Waals surface area contributed by atoms with Crippen LogP contribution in [0, 0.1) is 6.92 Å². The summed E-state index contributed by atoms with van der Waals surface area (Å²) in [7, 11) is 4.98. The molecule has 2 aromatic carbocycles. The average Bonchev–Trinajstić information content (AvgIpc) is 3.37. The van der Waals surface area contributed by atoms with E-state index in [4.69, 9.17) is 9.15 Å². The normalized spacial score (nSPS) is 10.9. The highest BCUT2D eigenvalue weighted by molar-refractivity contribution is 6.07. The molecule has 8 heteroatoms. The third kappa shape index (κ3) is 4.20. The van der Waals surface area contributed by atoms with E-state index < -0.39 is 5.91 Å². The van der Waals surface area contributed by atoms with Crippen LogP contribution in [-0.2, 0) is 13.7 Å². The van der Waals surface area contributed by atoms with E-state index in [2.05, 4.69) is 10.4 Å². The third-order valence-electron chi connectivity index (χ3n) is 5.17. The number of aromatic nitrogens is 2. The Morgan fingerprint density at radius 1 is 1.09 bits per heavy atom. The summed E-state index contributed by atoms with van der Waals surface area (Å²) in [5, 5.41) is 9.20. The molecule has 0 bridgehead atoms. The second kappa shape index (κ2) is 8.58. The number of hydrogen-bond donors (Lipinski definition) is 1. The predicted octanol–water partition coefficient (Wildman–Crippen LogP) is 4.01. The molecule has 0 spiro atoms. The van der Waals surface area contributed by atoms with Gasteiger partial charge in [-0.3, -0.25) is 14.3 Å². The van der Waals surface area contributed by atoms with Gasteiger partial charge in [0.15, 0.2) is 11.5 Å². The van der Waals surface area contributed by atoms with Crippen molar-refractivity contribution < 1.29 is 18.7 Å². The summed E-state index contributed by atoms with van der Waals surface area (Å²) < 4.78 is 13.0. The minimum absolute atomic E-state index is 0.119. The number of carbonyl (C=O) groups excluding carboxylic acids is 2. The zero-order chi connectivity index (χ0) is 22.8. The monoisotopic (exact) mass is 432 g/mol. The van der Waals surface area contributed by atoms with Crippen LogP contribution < -0.4 is 10.1 Å². The Morgan fingerprint density at radius 3 is 2.59 bits per heavy atom. The van der Waals surface area contributed by atoms with Gasteiger partial charge in [-0.1, -0.05) is 30.3 Å². The van der Waals surface area contributed by atoms with E-state index in [1.54, 1.807) is 44.9 Å². The number of anilines is 1. The van der Waals surface area contributed by atoms with Crippen molar-refractivity contribution in [3.8, 4) is 5.75 Å². The third-order valence-corrected chi connectivity index (χ3v) is 5.17. The molecule has 8 nitrogen and oxygen atoms in total. The smallest absolute Gasteiger partial charge is 0.291 e. The first-order valence-corrected chi connectivity index (χ1v) is 10.1. The maximum absolute atomic E-state index is 12.7. The lowest BCUT2D eigenvalue weighted by Crippen LogP contribution is -2.24. The van der Waals surface area contributed by atoms with E-state index in [0.29, 0.717) is 22.9 Å². The SMILES string of the molecule is Cc1c(NC(=O)c2ccc(COc3ccc4ccccc4c3)o2)c(C(=O)N(C)C)nn1C. The number of aryl methyl sites for hydroxylation is 1. The quantitative estimate of drug-likeness (QED) is 0.497. The summed E-state index contributed by atoms with van der Waals surface area (Å²) in [4.78, 5) is 26.6. The fraction of sp³-hybridized carbons (Fsp3) is 0.208. The average molecular weight is 432 g/mol. The highest BCUT2D eigenvalue weighted by Crippen LogP contribution is 2.24. The van der Waals surface area contributed by atoms with Crippen LogP contribution in [-0.4, -0.2) is 40.6 Å². The van der Waals surface area contributed by atoms with Crippen molar-refractivity contribution >= 4 is 28.3 Å². The number of fused-ring (bicyclic) bond motifs is 1. The molecule has 164 valence electrons. The largest absolute Gasteiger partial charge is 0.486 e. The van der Waals surface area contributed by atoms with Crippen molar-refractivity contribution in [1.29, 1.82) is 0 Å². The second-order valence-corrected chi connectivity index (χ2v) is 7.65. The first-order valence-electron chi connectivity index (χ1n) is 10.1. The number of benzene rings is 2. The van der Waals surface area contributed by atoms with Crippen LogP contribution in [0.25, 0.3) is 10.8 Å². The van der Waals surface area contributed by atoms with Crippen LogP contribution >= 0.6 is 0 Å². The van der Waals surface area contributed by atoms with E-state index in [1.807, 2.05) is 42.5 Å². The van der Waals surface area contributed by atoms with Crippen LogP contribution in [0.15, 0.2) is 59.0 Å². The number of carbonyl (C=O) groups is 2. The lowest BCUT2D eigenvalue weighted by molar-refractivity contribution is 0.0822. The topological polar surface area (TPSA) is 89.6 Å². The molecule has 2 heterocycles. The number of nitrogens with zero attached hydrogens (tertiary/aromatic N) is 3. The van der Waals surface area contributed by atoms with Crippen molar-refractivity contribution in [2.75, 3.05) is 19.4 Å². The number of hydrogen-bond acceptors (Lipinski definition) is 5. The van der Waals surface area contributed by atoms with E-state index in [0.717, 1.165) is 10.8 Å². The van der Waals surface area contributed by atoms with Crippen LogP contribution in [0.4, 0.5) is 5.69 Å². The molecule has 4 aromatic rings. The Morgan fingerprint density at radius 2 is 1.84 bits per heavy atom. The Kier molecular flexibility index (Phi) is 5.68. The van der Waals surface area contributed by atoms with Gasteiger partial charge >= 0.3 is 0 Å². The Bertz CT molecular complexity index is 1300. The first-order chi connectivity index (χ1) is 15.3. The van der Waals surface area contributed by atoms with Gasteiger partial charge in [0, 0.05) is 21.1 Å². The molecule has 2 aromatic heterocycles. The Hall–Kier alpha value is -4.07. The summed E-state index contributed by atoms with van der Waals surface area (Å²) in [6, 6.07) is 17.1. The molecular weight excluding hydrogens is 408 g/mol. The summed E-state index contributed by atoms with van der Waals surface area (Å²) in [6.45, 7) is 1.96. The number of furan rings is 1. The molecule has 2 amide bonds. The van der Waals surface area contributed by atoms with Crippen LogP contribution in [0.5, 0.6) is 5.75 Å². The molecular formula is C24H24N4O4. The van der Waals surface area contributed by atoms with E-state index in [-0.39, 0.29) is 24.0 Å². The zero-order valence-corrected chi connectivity index (χ0v) is 18.4. The standard InChI is InChI=1S/C24H24N4O4/c1-15-21(22(26-28(15)4)24(30)27(2)3)25-23(29)20-12-11-19(32-20)14-31-18-10-9-16-7-5-6-8-17(16)13-18/h5-13H,14H2,1-4H3,(H,25,29). The Balaban J connectivity index is 1.45. The fourth-order valence-corrected chi connectivity index (χ4v) is 3.28. The number of amides is 2. The van der Waals surface area contributed by atoms with Crippen molar-refractivity contribution in [2.45, 2.75) is 13.5 Å². The molecule has 0 saturated carbocycles. The summed E-state index contributed by atoms with van der Waals surface area (Å²) in [5.74, 6) is 0.576. The maximum atomic E-state index is 12.7. The van der Waals surface area contributed by atoms with Crippen molar-refractivity contribution in [1.82, 2.24) is 14.7 Å². The van der Waals surface area contributed by atoms with Crippen LogP contribution in [0.2, 0.25) is 0 Å². The summed E-state index contributed by atoms with van der Waals surface area (Å²) >= 11 is 0. The molecule has 0 aliphatic heterocycles. The molecule has 0 aliphatic carbocycles. The van der Waals surface area contributed by atoms with Gasteiger partial charge < -0.3 is 19.4 Å². The molecule has 0 fully saturated rings. The molecule has 0 unspecified atom stereocenters. The fourth-order valence-electron chi connectivity index (χ4n) is 3.28. The van der Waals surface area contributed by atoms with Gasteiger partial charge in [0.25, 0.3) is 11.8 Å². The van der Waals surface area contributed by atoms with Gasteiger partial charge in [-0.25, -0.2) is 0 Å².